The molecule has 0 saturated carbocycles. The lowest BCUT2D eigenvalue weighted by molar-refractivity contribution is 0.0195. The van der Waals surface area contributed by atoms with E-state index in [9.17, 15) is 4.79 Å². The molecule has 1 atom stereocenters. The van der Waals surface area contributed by atoms with Gasteiger partial charge >= 0.3 is 6.09 Å². The third-order valence-electron chi connectivity index (χ3n) is 3.32. The van der Waals surface area contributed by atoms with Gasteiger partial charge in [-0.1, -0.05) is 11.6 Å². The van der Waals surface area contributed by atoms with E-state index in [4.69, 9.17) is 22.1 Å². The van der Waals surface area contributed by atoms with Crippen molar-refractivity contribution < 1.29 is 9.53 Å². The molecule has 1 fully saturated rings. The molecule has 0 aromatic heterocycles. The fraction of sp³-hybridized carbons (Fsp3) is 0.769. The average molecular weight is 331 g/mol. The number of hydrogen-bond acceptors (Lipinski definition) is 7. The van der Waals surface area contributed by atoms with Crippen LogP contribution in [0.3, 0.4) is 0 Å². The molecule has 4 N–H and O–H groups in total. The van der Waals surface area contributed by atoms with Crippen LogP contribution in [-0.2, 0) is 4.74 Å². The summed E-state index contributed by atoms with van der Waals surface area (Å²) in [7, 11) is 0. The van der Waals surface area contributed by atoms with Gasteiger partial charge in [-0.25, -0.2) is 4.79 Å². The van der Waals surface area contributed by atoms with Crippen molar-refractivity contribution in [2.75, 3.05) is 13.1 Å². The highest BCUT2D eigenvalue weighted by atomic mass is 35.5. The number of rotatable bonds is 2. The third-order valence-corrected chi connectivity index (χ3v) is 3.59. The first-order chi connectivity index (χ1) is 10.2. The van der Waals surface area contributed by atoms with Gasteiger partial charge in [0.05, 0.1) is 0 Å². The second kappa shape index (κ2) is 6.70. The maximum absolute atomic E-state index is 12.0. The molecule has 2 heterocycles. The monoisotopic (exact) mass is 330 g/mol. The summed E-state index contributed by atoms with van der Waals surface area (Å²) in [6.07, 6.45) is 0.968. The van der Waals surface area contributed by atoms with Gasteiger partial charge in [0.1, 0.15) is 11.4 Å². The van der Waals surface area contributed by atoms with Crippen LogP contribution in [0.1, 0.15) is 33.6 Å². The Labute approximate surface area is 135 Å². The van der Waals surface area contributed by atoms with Crippen LogP contribution in [0.4, 0.5) is 4.79 Å². The van der Waals surface area contributed by atoms with E-state index >= 15 is 0 Å². The predicted octanol–water partition coefficient (Wildman–Crippen LogP) is 1.64. The Balaban J connectivity index is 1.76. The van der Waals surface area contributed by atoms with E-state index in [0.717, 1.165) is 12.8 Å². The average Bonchev–Trinajstić information content (AvgIpc) is 2.42. The second-order valence-corrected chi connectivity index (χ2v) is 6.73. The first kappa shape index (κ1) is 16.8. The highest BCUT2D eigenvalue weighted by molar-refractivity contribution is 6.29. The van der Waals surface area contributed by atoms with Crippen LogP contribution in [0.15, 0.2) is 21.2 Å². The Hall–Kier alpha value is -1.54. The zero-order valence-electron chi connectivity index (χ0n) is 13.1. The quantitative estimate of drug-likeness (QED) is 0.668. The number of likely N-dealkylation sites (tertiary alicyclic amines) is 1. The molecule has 2 rings (SSSR count). The second-order valence-electron chi connectivity index (χ2n) is 6.38. The van der Waals surface area contributed by atoms with Crippen LogP contribution in [0, 0.1) is 0 Å². The number of hydrogen-bond donors (Lipinski definition) is 3. The first-order valence-corrected chi connectivity index (χ1v) is 7.69. The number of amides is 1. The molecule has 0 radical (unpaired) electrons. The Morgan fingerprint density at radius 3 is 2.64 bits per heavy atom. The SMILES string of the molecule is CC(C)(C)OC(=O)N1CCC(NC2N=NC(Cl)=C(N)N2)CC1. The van der Waals surface area contributed by atoms with Crippen LogP contribution in [0.25, 0.3) is 0 Å². The van der Waals surface area contributed by atoms with Crippen molar-refractivity contribution in [1.82, 2.24) is 15.5 Å². The van der Waals surface area contributed by atoms with E-state index < -0.39 is 5.60 Å². The van der Waals surface area contributed by atoms with Gasteiger partial charge < -0.3 is 20.7 Å². The Kier molecular flexibility index (Phi) is 5.12. The number of nitrogens with two attached hydrogens (primary N) is 1. The van der Waals surface area contributed by atoms with Crippen molar-refractivity contribution in [3.05, 3.63) is 11.0 Å². The van der Waals surface area contributed by atoms with Gasteiger partial charge in [-0.05, 0) is 33.6 Å². The number of halogens is 1. The molecular weight excluding hydrogens is 308 g/mol. The van der Waals surface area contributed by atoms with E-state index in [2.05, 4.69) is 20.9 Å². The predicted molar refractivity (Wildman–Crippen MR) is 82.8 cm³/mol. The molecule has 1 saturated heterocycles. The zero-order valence-corrected chi connectivity index (χ0v) is 13.9. The molecule has 2 aliphatic rings. The number of carbonyl (C=O) groups is 1. The Morgan fingerprint density at radius 2 is 2.09 bits per heavy atom. The maximum atomic E-state index is 12.0. The lowest BCUT2D eigenvalue weighted by Crippen LogP contribution is -2.52. The molecule has 0 aromatic rings. The fourth-order valence-corrected chi connectivity index (χ4v) is 2.35. The van der Waals surface area contributed by atoms with Crippen LogP contribution in [-0.4, -0.2) is 42.0 Å². The zero-order chi connectivity index (χ0) is 16.3. The summed E-state index contributed by atoms with van der Waals surface area (Å²) in [5.41, 5.74) is 5.20. The van der Waals surface area contributed by atoms with E-state index in [1.807, 2.05) is 20.8 Å². The number of ether oxygens (including phenoxy) is 1. The van der Waals surface area contributed by atoms with Gasteiger partial charge in [0.2, 0.25) is 0 Å². The van der Waals surface area contributed by atoms with E-state index in [1.165, 1.54) is 0 Å². The lowest BCUT2D eigenvalue weighted by Gasteiger charge is -2.35. The van der Waals surface area contributed by atoms with Crippen molar-refractivity contribution >= 4 is 17.7 Å². The summed E-state index contributed by atoms with van der Waals surface area (Å²) in [5, 5.41) is 14.1. The molecule has 9 heteroatoms. The van der Waals surface area contributed by atoms with Crippen molar-refractivity contribution in [3.8, 4) is 0 Å². The highest BCUT2D eigenvalue weighted by Gasteiger charge is 2.28. The molecule has 0 aliphatic carbocycles. The van der Waals surface area contributed by atoms with E-state index in [1.54, 1.807) is 4.90 Å². The first-order valence-electron chi connectivity index (χ1n) is 7.31. The summed E-state index contributed by atoms with van der Waals surface area (Å²) in [5.74, 6) is 0.306. The minimum atomic E-state index is -0.471. The highest BCUT2D eigenvalue weighted by Crippen LogP contribution is 2.17. The standard InChI is InChI=1S/C13H23ClN6O2/c1-13(2,3)22-12(21)20-6-4-8(5-7-20)16-11-17-10(15)9(14)18-19-11/h8,11,16-17H,4-7,15H2,1-3H3. The van der Waals surface area contributed by atoms with Crippen LogP contribution in [0.5, 0.6) is 0 Å². The summed E-state index contributed by atoms with van der Waals surface area (Å²) >= 11 is 5.73. The van der Waals surface area contributed by atoms with Crippen LogP contribution in [0.2, 0.25) is 0 Å². The molecule has 0 spiro atoms. The number of nitrogens with zero attached hydrogens (tertiary/aromatic N) is 3. The summed E-state index contributed by atoms with van der Waals surface area (Å²) in [6, 6.07) is 0.222. The van der Waals surface area contributed by atoms with Crippen molar-refractivity contribution in [3.63, 3.8) is 0 Å². The summed E-state index contributed by atoms with van der Waals surface area (Å²) in [4.78, 5) is 13.7. The number of carbonyl (C=O) groups excluding carboxylic acids is 1. The molecule has 1 amide bonds. The van der Waals surface area contributed by atoms with E-state index in [-0.39, 0.29) is 23.6 Å². The smallest absolute Gasteiger partial charge is 0.410 e. The van der Waals surface area contributed by atoms with Crippen molar-refractivity contribution in [1.29, 1.82) is 0 Å². The third kappa shape index (κ3) is 4.74. The molecule has 0 aromatic carbocycles. The fourth-order valence-electron chi connectivity index (χ4n) is 2.25. The topological polar surface area (TPSA) is 104 Å². The minimum absolute atomic E-state index is 0.165. The van der Waals surface area contributed by atoms with Gasteiger partial charge in [0.15, 0.2) is 11.4 Å². The molecule has 124 valence electrons. The molecular formula is C13H23ClN6O2. The summed E-state index contributed by atoms with van der Waals surface area (Å²) in [6.45, 7) is 6.87. The van der Waals surface area contributed by atoms with Gasteiger partial charge in [-0.2, -0.15) is 0 Å². The Morgan fingerprint density at radius 1 is 1.45 bits per heavy atom. The number of piperidine rings is 1. The van der Waals surface area contributed by atoms with E-state index in [0.29, 0.717) is 18.9 Å². The molecule has 1 unspecified atom stereocenters. The maximum Gasteiger partial charge on any atom is 0.410 e. The Bertz CT molecular complexity index is 479. The lowest BCUT2D eigenvalue weighted by atomic mass is 10.1. The largest absolute Gasteiger partial charge is 0.444 e. The normalized spacial score (nSPS) is 23.5. The summed E-state index contributed by atoms with van der Waals surface area (Å²) < 4.78 is 5.37. The number of azo groups is 1. The molecule has 22 heavy (non-hydrogen) atoms. The van der Waals surface area contributed by atoms with Gasteiger partial charge in [0, 0.05) is 19.1 Å². The molecule has 8 nitrogen and oxygen atoms in total. The van der Waals surface area contributed by atoms with Crippen molar-refractivity contribution in [2.45, 2.75) is 51.5 Å². The van der Waals surface area contributed by atoms with Gasteiger partial charge in [-0.15, -0.1) is 10.2 Å². The molecule has 2 aliphatic heterocycles. The minimum Gasteiger partial charge on any atom is -0.444 e. The van der Waals surface area contributed by atoms with Gasteiger partial charge in [-0.3, -0.25) is 5.32 Å². The van der Waals surface area contributed by atoms with Crippen molar-refractivity contribution in [2.24, 2.45) is 16.0 Å². The molecule has 0 bridgehead atoms. The van der Waals surface area contributed by atoms with Crippen LogP contribution < -0.4 is 16.4 Å². The van der Waals surface area contributed by atoms with Gasteiger partial charge in [0.25, 0.3) is 0 Å². The van der Waals surface area contributed by atoms with Crippen LogP contribution >= 0.6 is 11.6 Å². The number of nitrogens with one attached hydrogen (secondary N) is 2.